The summed E-state index contributed by atoms with van der Waals surface area (Å²) in [6.45, 7) is 3.54. The minimum Gasteiger partial charge on any atom is -0.354 e. The van der Waals surface area contributed by atoms with Gasteiger partial charge in [0.15, 0.2) is 0 Å². The van der Waals surface area contributed by atoms with Crippen molar-refractivity contribution < 1.29 is 9.18 Å². The van der Waals surface area contributed by atoms with E-state index >= 15 is 0 Å². The minimum absolute atomic E-state index is 0.0533. The van der Waals surface area contributed by atoms with Crippen molar-refractivity contribution >= 4 is 17.2 Å². The van der Waals surface area contributed by atoms with Crippen molar-refractivity contribution in [1.29, 1.82) is 0 Å². The van der Waals surface area contributed by atoms with Gasteiger partial charge in [0.05, 0.1) is 5.41 Å². The molecule has 132 valence electrons. The van der Waals surface area contributed by atoms with Gasteiger partial charge in [0.2, 0.25) is 5.91 Å². The molecule has 2 aromatic rings. The maximum atomic E-state index is 13.6. The summed E-state index contributed by atoms with van der Waals surface area (Å²) < 4.78 is 13.6. The minimum atomic E-state index is -0.523. The summed E-state index contributed by atoms with van der Waals surface area (Å²) in [6.07, 6.45) is 3.75. The Morgan fingerprint density at radius 1 is 1.32 bits per heavy atom. The van der Waals surface area contributed by atoms with Crippen LogP contribution in [0.1, 0.15) is 35.3 Å². The number of amides is 1. The van der Waals surface area contributed by atoms with Gasteiger partial charge in [-0.2, -0.15) is 0 Å². The maximum absolute atomic E-state index is 13.6. The molecule has 0 bridgehead atoms. The number of hydrogen-bond acceptors (Lipinski definition) is 3. The molecule has 0 spiro atoms. The third kappa shape index (κ3) is 3.23. The molecule has 0 atom stereocenters. The number of halogens is 1. The number of fused-ring (bicyclic) bond motifs is 1. The van der Waals surface area contributed by atoms with Gasteiger partial charge in [0.25, 0.3) is 0 Å². The summed E-state index contributed by atoms with van der Waals surface area (Å²) in [6, 6.07) is 8.73. The predicted octanol–water partition coefficient (Wildman–Crippen LogP) is 3.48. The number of carbonyl (C=O) groups excluding carboxylic acids is 1. The zero-order valence-corrected chi connectivity index (χ0v) is 15.1. The number of carbonyl (C=O) groups is 1. The Kier molecular flexibility index (Phi) is 4.61. The molecule has 2 aliphatic rings. The molecule has 1 fully saturated rings. The molecule has 4 rings (SSSR count). The van der Waals surface area contributed by atoms with Crippen LogP contribution in [0.25, 0.3) is 0 Å². The lowest BCUT2D eigenvalue weighted by molar-refractivity contribution is -0.130. The van der Waals surface area contributed by atoms with Crippen LogP contribution >= 0.6 is 11.3 Å². The predicted molar refractivity (Wildman–Crippen MR) is 98.2 cm³/mol. The third-order valence-corrected chi connectivity index (χ3v) is 6.64. The molecule has 3 nitrogen and oxygen atoms in total. The molecule has 1 aromatic carbocycles. The summed E-state index contributed by atoms with van der Waals surface area (Å²) in [5, 5.41) is 5.27. The average molecular weight is 358 g/mol. The van der Waals surface area contributed by atoms with Gasteiger partial charge >= 0.3 is 0 Å². The first-order chi connectivity index (χ1) is 12.2. The quantitative estimate of drug-likeness (QED) is 0.887. The fourth-order valence-corrected chi connectivity index (χ4v) is 4.85. The highest BCUT2D eigenvalue weighted by Crippen LogP contribution is 2.44. The largest absolute Gasteiger partial charge is 0.354 e. The molecule has 2 heterocycles. The average Bonchev–Trinajstić information content (AvgIpc) is 3.01. The van der Waals surface area contributed by atoms with Crippen molar-refractivity contribution in [2.45, 2.75) is 37.6 Å². The molecule has 1 saturated carbocycles. The number of thiophene rings is 1. The van der Waals surface area contributed by atoms with E-state index in [1.807, 2.05) is 17.4 Å². The van der Waals surface area contributed by atoms with Crippen LogP contribution in [-0.2, 0) is 23.2 Å². The van der Waals surface area contributed by atoms with Gasteiger partial charge in [-0.15, -0.1) is 11.3 Å². The van der Waals surface area contributed by atoms with Crippen molar-refractivity contribution in [1.82, 2.24) is 10.2 Å². The second kappa shape index (κ2) is 6.89. The third-order valence-electron chi connectivity index (χ3n) is 5.62. The first kappa shape index (κ1) is 16.7. The van der Waals surface area contributed by atoms with Crippen molar-refractivity contribution in [3.63, 3.8) is 0 Å². The molecule has 1 aromatic heterocycles. The van der Waals surface area contributed by atoms with Crippen LogP contribution in [0.3, 0.4) is 0 Å². The molecule has 5 heteroatoms. The standard InChI is InChI=1S/C20H23FN2OS/c21-17-4-1-3-16(13-17)20(7-2-8-20)19(24)22-9-11-23-10-5-18-15(14-23)6-12-25-18/h1,3-4,6,12-13H,2,5,7-11,14H2,(H,22,24). The first-order valence-corrected chi connectivity index (χ1v) is 9.87. The van der Waals surface area contributed by atoms with E-state index in [0.717, 1.165) is 50.9 Å². The second-order valence-corrected chi connectivity index (χ2v) is 8.10. The van der Waals surface area contributed by atoms with Crippen LogP contribution in [0, 0.1) is 5.82 Å². The monoisotopic (exact) mass is 358 g/mol. The normalized spacial score (nSPS) is 19.1. The van der Waals surface area contributed by atoms with Crippen LogP contribution in [-0.4, -0.2) is 30.4 Å². The van der Waals surface area contributed by atoms with Gasteiger partial charge in [-0.25, -0.2) is 4.39 Å². The molecule has 1 aliphatic carbocycles. The van der Waals surface area contributed by atoms with Crippen molar-refractivity contribution in [2.24, 2.45) is 0 Å². The Balaban J connectivity index is 1.34. The Labute approximate surface area is 151 Å². The van der Waals surface area contributed by atoms with Gasteiger partial charge < -0.3 is 5.32 Å². The highest BCUT2D eigenvalue weighted by molar-refractivity contribution is 7.10. The van der Waals surface area contributed by atoms with E-state index in [1.54, 1.807) is 6.07 Å². The summed E-state index contributed by atoms with van der Waals surface area (Å²) in [5.41, 5.74) is 1.72. The number of rotatable bonds is 5. The molecule has 0 unspecified atom stereocenters. The molecule has 1 aliphatic heterocycles. The molecular formula is C20H23FN2OS. The fraction of sp³-hybridized carbons (Fsp3) is 0.450. The Morgan fingerprint density at radius 3 is 2.96 bits per heavy atom. The van der Waals surface area contributed by atoms with Gasteiger partial charge in [0.1, 0.15) is 5.82 Å². The zero-order valence-electron chi connectivity index (χ0n) is 14.3. The van der Waals surface area contributed by atoms with E-state index in [9.17, 15) is 9.18 Å². The van der Waals surface area contributed by atoms with Gasteiger partial charge in [-0.1, -0.05) is 18.6 Å². The summed E-state index contributed by atoms with van der Waals surface area (Å²) >= 11 is 1.84. The highest BCUT2D eigenvalue weighted by atomic mass is 32.1. The lowest BCUT2D eigenvalue weighted by atomic mass is 9.64. The number of hydrogen-bond donors (Lipinski definition) is 1. The Hall–Kier alpha value is -1.72. The SMILES string of the molecule is O=C(NCCN1CCc2sccc2C1)C1(c2cccc(F)c2)CCC1. The Bertz CT molecular complexity index is 769. The topological polar surface area (TPSA) is 32.3 Å². The van der Waals surface area contributed by atoms with Gasteiger partial charge in [-0.05, 0) is 54.0 Å². The molecular weight excluding hydrogens is 335 g/mol. The number of nitrogens with zero attached hydrogens (tertiary/aromatic N) is 1. The Morgan fingerprint density at radius 2 is 2.20 bits per heavy atom. The van der Waals surface area contributed by atoms with Gasteiger partial charge in [0, 0.05) is 31.1 Å². The lowest BCUT2D eigenvalue weighted by Gasteiger charge is -2.41. The molecule has 1 N–H and O–H groups in total. The van der Waals surface area contributed by atoms with Crippen LogP contribution in [0.2, 0.25) is 0 Å². The number of benzene rings is 1. The van der Waals surface area contributed by atoms with E-state index in [2.05, 4.69) is 21.7 Å². The van der Waals surface area contributed by atoms with Crippen molar-refractivity contribution in [2.75, 3.05) is 19.6 Å². The summed E-state index contributed by atoms with van der Waals surface area (Å²) in [5.74, 6) is -0.214. The smallest absolute Gasteiger partial charge is 0.230 e. The molecule has 25 heavy (non-hydrogen) atoms. The van der Waals surface area contributed by atoms with Crippen LogP contribution in [0.4, 0.5) is 4.39 Å². The van der Waals surface area contributed by atoms with E-state index in [4.69, 9.17) is 0 Å². The van der Waals surface area contributed by atoms with E-state index in [-0.39, 0.29) is 11.7 Å². The molecule has 0 saturated heterocycles. The fourth-order valence-electron chi connectivity index (χ4n) is 3.96. The van der Waals surface area contributed by atoms with Crippen LogP contribution in [0.15, 0.2) is 35.7 Å². The van der Waals surface area contributed by atoms with E-state index < -0.39 is 5.41 Å². The van der Waals surface area contributed by atoms with Crippen LogP contribution in [0.5, 0.6) is 0 Å². The first-order valence-electron chi connectivity index (χ1n) is 8.99. The van der Waals surface area contributed by atoms with Crippen molar-refractivity contribution in [3.05, 3.63) is 57.5 Å². The lowest BCUT2D eigenvalue weighted by Crippen LogP contribution is -2.50. The van der Waals surface area contributed by atoms with Crippen molar-refractivity contribution in [3.8, 4) is 0 Å². The number of nitrogens with one attached hydrogen (secondary N) is 1. The van der Waals surface area contributed by atoms with Gasteiger partial charge in [-0.3, -0.25) is 9.69 Å². The highest BCUT2D eigenvalue weighted by Gasteiger charge is 2.45. The summed E-state index contributed by atoms with van der Waals surface area (Å²) in [4.78, 5) is 16.7. The zero-order chi connectivity index (χ0) is 17.3. The maximum Gasteiger partial charge on any atom is 0.230 e. The van der Waals surface area contributed by atoms with Crippen LogP contribution < -0.4 is 5.32 Å². The summed E-state index contributed by atoms with van der Waals surface area (Å²) in [7, 11) is 0. The van der Waals surface area contributed by atoms with E-state index in [0.29, 0.717) is 6.54 Å². The van der Waals surface area contributed by atoms with E-state index in [1.165, 1.54) is 22.6 Å². The molecule has 0 radical (unpaired) electrons. The second-order valence-electron chi connectivity index (χ2n) is 7.10. The molecule has 1 amide bonds.